The molecule has 12 heavy (non-hydrogen) atoms. The zero-order valence-electron chi connectivity index (χ0n) is 6.66. The number of carbonyl (C=O) groups is 1. The van der Waals surface area contributed by atoms with E-state index in [9.17, 15) is 9.59 Å². The van der Waals surface area contributed by atoms with Gasteiger partial charge in [0.05, 0.1) is 11.6 Å². The van der Waals surface area contributed by atoms with Crippen molar-refractivity contribution in [2.24, 2.45) is 5.73 Å². The first-order valence-corrected chi connectivity index (χ1v) is 3.53. The van der Waals surface area contributed by atoms with Crippen molar-refractivity contribution >= 4 is 6.29 Å². The Labute approximate surface area is 68.5 Å². The molecular weight excluding hydrogens is 160 g/mol. The first kappa shape index (κ1) is 8.73. The van der Waals surface area contributed by atoms with Crippen LogP contribution in [0, 0.1) is 6.92 Å². The van der Waals surface area contributed by atoms with Gasteiger partial charge in [0, 0.05) is 6.42 Å². The highest BCUT2D eigenvalue weighted by molar-refractivity contribution is 5.57. The lowest BCUT2D eigenvalue weighted by molar-refractivity contribution is -0.108. The van der Waals surface area contributed by atoms with Gasteiger partial charge in [-0.1, -0.05) is 0 Å². The molecule has 1 aromatic rings. The Bertz CT molecular complexity index is 326. The molecule has 5 nitrogen and oxygen atoms in total. The third kappa shape index (κ3) is 1.62. The van der Waals surface area contributed by atoms with Crippen molar-refractivity contribution in [1.82, 2.24) is 5.16 Å². The molecule has 1 heterocycles. The van der Waals surface area contributed by atoms with Crippen LogP contribution >= 0.6 is 0 Å². The first-order chi connectivity index (χ1) is 5.65. The molecule has 0 aromatic carbocycles. The fraction of sp³-hybridized carbons (Fsp3) is 0.429. The summed E-state index contributed by atoms with van der Waals surface area (Å²) in [5.74, 6) is 0.484. The molecule has 0 aliphatic carbocycles. The number of aromatic nitrogens is 1. The molecule has 3 N–H and O–H groups in total. The molecule has 0 saturated heterocycles. The number of aldehydes is 1. The Morgan fingerprint density at radius 3 is 2.83 bits per heavy atom. The molecule has 0 radical (unpaired) electrons. The highest BCUT2D eigenvalue weighted by Gasteiger charge is 2.11. The lowest BCUT2D eigenvalue weighted by Crippen LogP contribution is -2.26. The van der Waals surface area contributed by atoms with E-state index in [-0.39, 0.29) is 12.0 Å². The number of rotatable bonds is 3. The number of carbonyl (C=O) groups excluding carboxylic acids is 1. The number of nitrogens with two attached hydrogens (primary N) is 1. The molecule has 0 spiro atoms. The summed E-state index contributed by atoms with van der Waals surface area (Å²) < 4.78 is 4.73. The Hall–Kier alpha value is -1.36. The van der Waals surface area contributed by atoms with Gasteiger partial charge in [-0.25, -0.2) is 0 Å². The first-order valence-electron chi connectivity index (χ1n) is 3.53. The number of hydrogen-bond donors (Lipinski definition) is 2. The molecule has 1 unspecified atom stereocenters. The molecule has 5 heteroatoms. The molecule has 0 fully saturated rings. The van der Waals surface area contributed by atoms with Crippen molar-refractivity contribution in [3.63, 3.8) is 0 Å². The minimum Gasteiger partial charge on any atom is -0.384 e. The van der Waals surface area contributed by atoms with Crippen LogP contribution in [-0.4, -0.2) is 17.5 Å². The summed E-state index contributed by atoms with van der Waals surface area (Å²) in [4.78, 5) is 21.2. The predicted octanol–water partition coefficient (Wildman–Crippen LogP) is -0.655. The van der Waals surface area contributed by atoms with Crippen LogP contribution in [0.3, 0.4) is 0 Å². The van der Waals surface area contributed by atoms with Crippen LogP contribution in [0.5, 0.6) is 0 Å². The van der Waals surface area contributed by atoms with E-state index in [1.165, 1.54) is 0 Å². The van der Waals surface area contributed by atoms with Crippen LogP contribution in [0.2, 0.25) is 0 Å². The summed E-state index contributed by atoms with van der Waals surface area (Å²) in [5.41, 5.74) is 5.46. The topological polar surface area (TPSA) is 89.1 Å². The number of hydrogen-bond acceptors (Lipinski definition) is 4. The minimum absolute atomic E-state index is 0.223. The molecule has 66 valence electrons. The van der Waals surface area contributed by atoms with Gasteiger partial charge in [0.15, 0.2) is 0 Å². The molecular formula is C7H10N2O3. The van der Waals surface area contributed by atoms with Crippen molar-refractivity contribution in [2.45, 2.75) is 19.4 Å². The molecule has 0 amide bonds. The summed E-state index contributed by atoms with van der Waals surface area (Å²) in [5, 5.41) is 2.16. The lowest BCUT2D eigenvalue weighted by atomic mass is 10.1. The number of H-pyrrole nitrogens is 1. The van der Waals surface area contributed by atoms with Crippen LogP contribution in [0.1, 0.15) is 11.3 Å². The molecule has 0 bridgehead atoms. The van der Waals surface area contributed by atoms with Crippen molar-refractivity contribution in [2.75, 3.05) is 0 Å². The van der Waals surface area contributed by atoms with Gasteiger partial charge >= 0.3 is 0 Å². The summed E-state index contributed by atoms with van der Waals surface area (Å²) in [6.45, 7) is 1.64. The zero-order chi connectivity index (χ0) is 9.14. The summed E-state index contributed by atoms with van der Waals surface area (Å²) in [6, 6.07) is -0.637. The van der Waals surface area contributed by atoms with Crippen molar-refractivity contribution in [1.29, 1.82) is 0 Å². The van der Waals surface area contributed by atoms with E-state index in [0.29, 0.717) is 17.6 Å². The minimum atomic E-state index is -0.637. The van der Waals surface area contributed by atoms with Crippen LogP contribution in [0.25, 0.3) is 0 Å². The normalized spacial score (nSPS) is 12.8. The van der Waals surface area contributed by atoms with Crippen molar-refractivity contribution in [3.05, 3.63) is 21.7 Å². The number of aromatic amines is 1. The van der Waals surface area contributed by atoms with Crippen LogP contribution in [0.15, 0.2) is 9.32 Å². The van der Waals surface area contributed by atoms with Crippen LogP contribution in [-0.2, 0) is 11.2 Å². The Balaban J connectivity index is 2.87. The van der Waals surface area contributed by atoms with E-state index < -0.39 is 6.04 Å². The summed E-state index contributed by atoms with van der Waals surface area (Å²) in [6.07, 6.45) is 0.826. The maximum Gasteiger partial charge on any atom is 0.283 e. The van der Waals surface area contributed by atoms with Gasteiger partial charge in [-0.15, -0.1) is 0 Å². The maximum absolute atomic E-state index is 11.0. The molecule has 0 aliphatic heterocycles. The van der Waals surface area contributed by atoms with E-state index in [0.717, 1.165) is 0 Å². The van der Waals surface area contributed by atoms with Gasteiger partial charge < -0.3 is 15.1 Å². The highest BCUT2D eigenvalue weighted by atomic mass is 16.5. The second-order valence-corrected chi connectivity index (χ2v) is 2.57. The fourth-order valence-electron chi connectivity index (χ4n) is 0.926. The Morgan fingerprint density at radius 2 is 2.42 bits per heavy atom. The lowest BCUT2D eigenvalue weighted by Gasteiger charge is -1.98. The van der Waals surface area contributed by atoms with Gasteiger partial charge in [0.25, 0.3) is 5.56 Å². The van der Waals surface area contributed by atoms with E-state index in [2.05, 4.69) is 5.16 Å². The number of aryl methyl sites for hydroxylation is 1. The third-order valence-electron chi connectivity index (χ3n) is 1.61. The number of nitrogens with one attached hydrogen (secondary N) is 1. The Morgan fingerprint density at radius 1 is 1.75 bits per heavy atom. The smallest absolute Gasteiger partial charge is 0.283 e. The van der Waals surface area contributed by atoms with Crippen LogP contribution in [0.4, 0.5) is 0 Å². The van der Waals surface area contributed by atoms with E-state index in [4.69, 9.17) is 10.3 Å². The third-order valence-corrected chi connectivity index (χ3v) is 1.61. The SMILES string of the molecule is Cc1o[nH]c(=O)c1CC(N)C=O. The predicted molar refractivity (Wildman–Crippen MR) is 41.8 cm³/mol. The highest BCUT2D eigenvalue weighted by Crippen LogP contribution is 2.01. The maximum atomic E-state index is 11.0. The molecule has 1 aromatic heterocycles. The van der Waals surface area contributed by atoms with E-state index in [1.54, 1.807) is 6.92 Å². The average Bonchev–Trinajstić information content (AvgIpc) is 2.35. The largest absolute Gasteiger partial charge is 0.384 e. The summed E-state index contributed by atoms with van der Waals surface area (Å²) in [7, 11) is 0. The van der Waals surface area contributed by atoms with Gasteiger partial charge in [0.2, 0.25) is 0 Å². The molecule has 1 rings (SSSR count). The van der Waals surface area contributed by atoms with Crippen LogP contribution < -0.4 is 11.3 Å². The monoisotopic (exact) mass is 170 g/mol. The van der Waals surface area contributed by atoms with Gasteiger partial charge in [-0.3, -0.25) is 4.79 Å². The van der Waals surface area contributed by atoms with E-state index in [1.807, 2.05) is 0 Å². The Kier molecular flexibility index (Phi) is 2.44. The van der Waals surface area contributed by atoms with E-state index >= 15 is 0 Å². The van der Waals surface area contributed by atoms with Gasteiger partial charge in [-0.05, 0) is 6.92 Å². The van der Waals surface area contributed by atoms with Crippen molar-refractivity contribution < 1.29 is 9.32 Å². The molecule has 0 aliphatic rings. The van der Waals surface area contributed by atoms with Gasteiger partial charge in [-0.2, -0.15) is 5.16 Å². The standard InChI is InChI=1S/C7H10N2O3/c1-4-6(2-5(8)3-10)7(11)9-12-4/h3,5H,2,8H2,1H3,(H,9,11). The van der Waals surface area contributed by atoms with Gasteiger partial charge in [0.1, 0.15) is 12.0 Å². The molecule has 1 atom stereocenters. The zero-order valence-corrected chi connectivity index (χ0v) is 6.66. The second-order valence-electron chi connectivity index (χ2n) is 2.57. The summed E-state index contributed by atoms with van der Waals surface area (Å²) >= 11 is 0. The second kappa shape index (κ2) is 3.36. The fourth-order valence-corrected chi connectivity index (χ4v) is 0.926. The molecule has 0 saturated carbocycles. The quantitative estimate of drug-likeness (QED) is 0.589. The average molecular weight is 170 g/mol. The van der Waals surface area contributed by atoms with Crippen molar-refractivity contribution in [3.8, 4) is 0 Å².